The van der Waals surface area contributed by atoms with E-state index in [-0.39, 0.29) is 11.5 Å². The number of ether oxygens (including phenoxy) is 1. The molecule has 0 aliphatic rings. The molecule has 8 heteroatoms. The van der Waals surface area contributed by atoms with Crippen LogP contribution in [0.5, 0.6) is 5.75 Å². The van der Waals surface area contributed by atoms with Crippen LogP contribution in [-0.2, 0) is 13.1 Å². The van der Waals surface area contributed by atoms with Crippen molar-refractivity contribution in [2.75, 3.05) is 13.7 Å². The van der Waals surface area contributed by atoms with Crippen molar-refractivity contribution in [2.45, 2.75) is 20.0 Å². The molecule has 2 aromatic heterocycles. The van der Waals surface area contributed by atoms with E-state index in [0.717, 1.165) is 5.56 Å². The average Bonchev–Trinajstić information content (AvgIpc) is 3.21. The summed E-state index contributed by atoms with van der Waals surface area (Å²) in [5.74, 6) is 0.506. The number of benzene rings is 2. The van der Waals surface area contributed by atoms with Crippen LogP contribution in [0.15, 0.2) is 65.8 Å². The highest BCUT2D eigenvalue weighted by molar-refractivity contribution is 5.94. The van der Waals surface area contributed by atoms with Crippen molar-refractivity contribution in [3.8, 4) is 5.75 Å². The minimum atomic E-state index is -0.187. The number of amides is 1. The van der Waals surface area contributed by atoms with Crippen LogP contribution >= 0.6 is 0 Å². The lowest BCUT2D eigenvalue weighted by Crippen LogP contribution is -2.27. The first-order valence-electron chi connectivity index (χ1n) is 9.94. The normalized spacial score (nSPS) is 10.9. The van der Waals surface area contributed by atoms with Crippen LogP contribution in [0.2, 0.25) is 0 Å². The fraction of sp³-hybridized carbons (Fsp3) is 0.217. The van der Waals surface area contributed by atoms with E-state index >= 15 is 0 Å². The van der Waals surface area contributed by atoms with Crippen molar-refractivity contribution in [2.24, 2.45) is 0 Å². The zero-order valence-corrected chi connectivity index (χ0v) is 17.4. The molecule has 158 valence electrons. The highest BCUT2D eigenvalue weighted by atomic mass is 16.5. The van der Waals surface area contributed by atoms with Gasteiger partial charge in [0.15, 0.2) is 5.65 Å². The van der Waals surface area contributed by atoms with Crippen molar-refractivity contribution >= 4 is 16.9 Å². The molecular weight excluding hydrogens is 394 g/mol. The Hall–Kier alpha value is -3.94. The molecule has 1 N–H and O–H groups in total. The van der Waals surface area contributed by atoms with E-state index < -0.39 is 0 Å². The maximum Gasteiger partial charge on any atom is 0.264 e. The van der Waals surface area contributed by atoms with Gasteiger partial charge in [-0.25, -0.2) is 9.67 Å². The van der Waals surface area contributed by atoms with Crippen molar-refractivity contribution < 1.29 is 9.53 Å². The number of hydrogen-bond acceptors (Lipinski definition) is 5. The average molecular weight is 417 g/mol. The van der Waals surface area contributed by atoms with Gasteiger partial charge in [-0.1, -0.05) is 29.8 Å². The summed E-state index contributed by atoms with van der Waals surface area (Å²) >= 11 is 0. The standard InChI is InChI=1S/C23H23N5O3/c1-16-3-5-17(6-4-16)14-27-15-25-21-20(23(27)30)13-26-28(21)12-11-24-22(29)18-7-9-19(31-2)10-8-18/h3-10,13,15H,11-12,14H2,1-2H3,(H,24,29). The number of nitrogens with one attached hydrogen (secondary N) is 1. The molecule has 0 unspecified atom stereocenters. The Morgan fingerprint density at radius 3 is 2.55 bits per heavy atom. The van der Waals surface area contributed by atoms with E-state index in [0.29, 0.717) is 42.0 Å². The Kier molecular flexibility index (Phi) is 5.79. The Morgan fingerprint density at radius 1 is 1.10 bits per heavy atom. The van der Waals surface area contributed by atoms with Gasteiger partial charge in [-0.3, -0.25) is 14.2 Å². The van der Waals surface area contributed by atoms with E-state index in [4.69, 9.17) is 4.74 Å². The second-order valence-corrected chi connectivity index (χ2v) is 7.25. The fourth-order valence-corrected chi connectivity index (χ4v) is 3.28. The zero-order valence-electron chi connectivity index (χ0n) is 17.4. The summed E-state index contributed by atoms with van der Waals surface area (Å²) in [6.07, 6.45) is 3.07. The first-order chi connectivity index (χ1) is 15.0. The number of carbonyl (C=O) groups is 1. The minimum absolute atomic E-state index is 0.140. The number of nitrogens with zero attached hydrogens (tertiary/aromatic N) is 4. The molecular formula is C23H23N5O3. The molecule has 2 heterocycles. The molecule has 0 aliphatic carbocycles. The lowest BCUT2D eigenvalue weighted by molar-refractivity contribution is 0.0952. The number of hydrogen-bond donors (Lipinski definition) is 1. The van der Waals surface area contributed by atoms with Gasteiger partial charge < -0.3 is 10.1 Å². The molecule has 0 atom stereocenters. The SMILES string of the molecule is COc1ccc(C(=O)NCCn2ncc3c(=O)n(Cc4ccc(C)cc4)cnc32)cc1. The molecule has 0 bridgehead atoms. The predicted molar refractivity (Wildman–Crippen MR) is 117 cm³/mol. The Bertz CT molecular complexity index is 1260. The van der Waals surface area contributed by atoms with Crippen LogP contribution in [0.3, 0.4) is 0 Å². The molecule has 4 aromatic rings. The number of rotatable bonds is 7. The van der Waals surface area contributed by atoms with E-state index in [2.05, 4.69) is 15.4 Å². The topological polar surface area (TPSA) is 91.0 Å². The molecule has 2 aromatic carbocycles. The molecule has 4 rings (SSSR count). The molecule has 0 aliphatic heterocycles. The zero-order chi connectivity index (χ0) is 21.8. The Labute approximate surface area is 179 Å². The van der Waals surface area contributed by atoms with Gasteiger partial charge in [0.25, 0.3) is 11.5 Å². The lowest BCUT2D eigenvalue weighted by atomic mass is 10.1. The third kappa shape index (κ3) is 4.48. The number of fused-ring (bicyclic) bond motifs is 1. The second-order valence-electron chi connectivity index (χ2n) is 7.25. The van der Waals surface area contributed by atoms with Crippen molar-refractivity contribution in [1.82, 2.24) is 24.6 Å². The molecule has 0 spiro atoms. The van der Waals surface area contributed by atoms with Gasteiger partial charge in [0.1, 0.15) is 17.5 Å². The summed E-state index contributed by atoms with van der Waals surface area (Å²) in [4.78, 5) is 29.5. The van der Waals surface area contributed by atoms with Gasteiger partial charge in [-0.05, 0) is 36.8 Å². The first-order valence-corrected chi connectivity index (χ1v) is 9.94. The summed E-state index contributed by atoms with van der Waals surface area (Å²) in [7, 11) is 1.58. The molecule has 0 saturated heterocycles. The number of methoxy groups -OCH3 is 1. The van der Waals surface area contributed by atoms with Crippen molar-refractivity contribution in [3.05, 3.63) is 88.1 Å². The van der Waals surface area contributed by atoms with Crippen molar-refractivity contribution in [3.63, 3.8) is 0 Å². The second kappa shape index (κ2) is 8.83. The van der Waals surface area contributed by atoms with E-state index in [9.17, 15) is 9.59 Å². The van der Waals surface area contributed by atoms with Gasteiger partial charge in [-0.2, -0.15) is 5.10 Å². The van der Waals surface area contributed by atoms with Gasteiger partial charge in [0.05, 0.1) is 26.4 Å². The molecule has 0 fully saturated rings. The smallest absolute Gasteiger partial charge is 0.264 e. The largest absolute Gasteiger partial charge is 0.497 e. The van der Waals surface area contributed by atoms with Gasteiger partial charge in [0.2, 0.25) is 0 Å². The third-order valence-corrected chi connectivity index (χ3v) is 5.06. The fourth-order valence-electron chi connectivity index (χ4n) is 3.28. The van der Waals surface area contributed by atoms with Crippen LogP contribution in [0.25, 0.3) is 11.0 Å². The van der Waals surface area contributed by atoms with Gasteiger partial charge in [-0.15, -0.1) is 0 Å². The predicted octanol–water partition coefficient (Wildman–Crippen LogP) is 2.39. The number of carbonyl (C=O) groups excluding carboxylic acids is 1. The highest BCUT2D eigenvalue weighted by Gasteiger charge is 2.11. The summed E-state index contributed by atoms with van der Waals surface area (Å²) < 4.78 is 8.30. The quantitative estimate of drug-likeness (QED) is 0.499. The van der Waals surface area contributed by atoms with E-state index in [1.165, 1.54) is 11.8 Å². The van der Waals surface area contributed by atoms with Crippen LogP contribution < -0.4 is 15.6 Å². The number of aromatic nitrogens is 4. The molecule has 0 saturated carbocycles. The van der Waals surface area contributed by atoms with Gasteiger partial charge >= 0.3 is 0 Å². The van der Waals surface area contributed by atoms with Crippen LogP contribution in [0.1, 0.15) is 21.5 Å². The van der Waals surface area contributed by atoms with Crippen LogP contribution in [0.4, 0.5) is 0 Å². The lowest BCUT2D eigenvalue weighted by Gasteiger charge is -2.08. The molecule has 8 nitrogen and oxygen atoms in total. The summed E-state index contributed by atoms with van der Waals surface area (Å²) in [6.45, 7) is 3.23. The summed E-state index contributed by atoms with van der Waals surface area (Å²) in [5.41, 5.74) is 3.11. The Balaban J connectivity index is 1.43. The summed E-state index contributed by atoms with van der Waals surface area (Å²) in [5, 5.41) is 7.59. The maximum absolute atomic E-state index is 12.8. The molecule has 0 radical (unpaired) electrons. The third-order valence-electron chi connectivity index (χ3n) is 5.06. The highest BCUT2D eigenvalue weighted by Crippen LogP contribution is 2.11. The Morgan fingerprint density at radius 2 is 1.84 bits per heavy atom. The van der Waals surface area contributed by atoms with Crippen LogP contribution in [0, 0.1) is 6.92 Å². The first kappa shape index (κ1) is 20.3. The van der Waals surface area contributed by atoms with Crippen LogP contribution in [-0.4, -0.2) is 38.9 Å². The van der Waals surface area contributed by atoms with E-state index in [1.54, 1.807) is 47.0 Å². The maximum atomic E-state index is 12.8. The van der Waals surface area contributed by atoms with E-state index in [1.807, 2.05) is 31.2 Å². The monoisotopic (exact) mass is 417 g/mol. The molecule has 1 amide bonds. The van der Waals surface area contributed by atoms with Gasteiger partial charge in [0, 0.05) is 12.1 Å². The summed E-state index contributed by atoms with van der Waals surface area (Å²) in [6, 6.07) is 14.9. The minimum Gasteiger partial charge on any atom is -0.497 e. The van der Waals surface area contributed by atoms with Crippen molar-refractivity contribution in [1.29, 1.82) is 0 Å². The molecule has 31 heavy (non-hydrogen) atoms. The number of aryl methyl sites for hydroxylation is 1.